The molecule has 0 saturated heterocycles. The molecule has 126 valence electrons. The molecule has 1 aromatic rings. The summed E-state index contributed by atoms with van der Waals surface area (Å²) in [6.45, 7) is 2.98. The minimum atomic E-state index is -0.929. The van der Waals surface area contributed by atoms with Crippen molar-refractivity contribution >= 4 is 17.7 Å². The first-order chi connectivity index (χ1) is 10.7. The highest BCUT2D eigenvalue weighted by molar-refractivity contribution is 5.92. The smallest absolute Gasteiger partial charge is 0.242 e. The van der Waals surface area contributed by atoms with Gasteiger partial charge in [-0.15, -0.1) is 0 Å². The van der Waals surface area contributed by atoms with Crippen molar-refractivity contribution in [3.63, 3.8) is 0 Å². The lowest BCUT2D eigenvalue weighted by Crippen LogP contribution is -2.54. The van der Waals surface area contributed by atoms with Crippen molar-refractivity contribution in [3.8, 4) is 5.75 Å². The Hall–Kier alpha value is -2.61. The van der Waals surface area contributed by atoms with Gasteiger partial charge < -0.3 is 27.2 Å². The molecule has 0 spiro atoms. The van der Waals surface area contributed by atoms with E-state index in [4.69, 9.17) is 11.5 Å². The predicted molar refractivity (Wildman–Crippen MR) is 84.2 cm³/mol. The van der Waals surface area contributed by atoms with E-state index in [0.717, 1.165) is 5.56 Å². The van der Waals surface area contributed by atoms with E-state index in [1.807, 2.05) is 0 Å². The molecule has 7 N–H and O–H groups in total. The number of nitrogens with one attached hydrogen (secondary N) is 2. The molecule has 0 bridgehead atoms. The van der Waals surface area contributed by atoms with Crippen LogP contribution in [0.1, 0.15) is 19.4 Å². The van der Waals surface area contributed by atoms with E-state index in [2.05, 4.69) is 10.6 Å². The number of hydrogen-bond acceptors (Lipinski definition) is 5. The van der Waals surface area contributed by atoms with Crippen molar-refractivity contribution in [2.45, 2.75) is 38.4 Å². The van der Waals surface area contributed by atoms with Crippen molar-refractivity contribution in [2.75, 3.05) is 0 Å². The fourth-order valence-electron chi connectivity index (χ4n) is 1.80. The van der Waals surface area contributed by atoms with Gasteiger partial charge in [-0.2, -0.15) is 0 Å². The number of nitrogens with two attached hydrogens (primary N) is 2. The molecule has 1 aromatic carbocycles. The zero-order valence-corrected chi connectivity index (χ0v) is 13.1. The summed E-state index contributed by atoms with van der Waals surface area (Å²) in [6, 6.07) is 3.67. The zero-order chi connectivity index (χ0) is 17.6. The van der Waals surface area contributed by atoms with Crippen molar-refractivity contribution < 1.29 is 19.5 Å². The first kappa shape index (κ1) is 18.4. The summed E-state index contributed by atoms with van der Waals surface area (Å²) in [5, 5.41) is 14.2. The number of carbonyl (C=O) groups is 3. The van der Waals surface area contributed by atoms with E-state index < -0.39 is 35.8 Å². The van der Waals surface area contributed by atoms with Crippen LogP contribution >= 0.6 is 0 Å². The van der Waals surface area contributed by atoms with Crippen molar-refractivity contribution in [1.29, 1.82) is 0 Å². The van der Waals surface area contributed by atoms with Crippen LogP contribution in [-0.2, 0) is 20.8 Å². The van der Waals surface area contributed by atoms with Gasteiger partial charge in [0.05, 0.1) is 6.04 Å². The predicted octanol–water partition coefficient (Wildman–Crippen LogP) is -1.24. The number of amides is 3. The van der Waals surface area contributed by atoms with Crippen molar-refractivity contribution in [3.05, 3.63) is 29.8 Å². The Balaban J connectivity index is 2.68. The number of carbonyl (C=O) groups excluding carboxylic acids is 3. The lowest BCUT2D eigenvalue weighted by atomic mass is 10.0. The van der Waals surface area contributed by atoms with Gasteiger partial charge >= 0.3 is 0 Å². The van der Waals surface area contributed by atoms with Crippen LogP contribution in [0.2, 0.25) is 0 Å². The maximum Gasteiger partial charge on any atom is 0.242 e. The molecular weight excluding hydrogens is 300 g/mol. The molecule has 23 heavy (non-hydrogen) atoms. The monoisotopic (exact) mass is 322 g/mol. The van der Waals surface area contributed by atoms with E-state index in [-0.39, 0.29) is 12.2 Å². The standard InChI is InChI=1S/C15H22N4O4/c1-8(16)14(22)18-9(2)15(23)19-12(13(17)21)7-10-3-5-11(20)6-4-10/h3-6,8-9,12,20H,7,16H2,1-2H3,(H2,17,21)(H,18,22)(H,19,23). The van der Waals surface area contributed by atoms with Crippen LogP contribution in [0.4, 0.5) is 0 Å². The minimum Gasteiger partial charge on any atom is -0.508 e. The summed E-state index contributed by atoms with van der Waals surface area (Å²) in [6.07, 6.45) is 0.176. The summed E-state index contributed by atoms with van der Waals surface area (Å²) in [4.78, 5) is 35.0. The Labute approximate surface area is 134 Å². The fraction of sp³-hybridized carbons (Fsp3) is 0.400. The highest BCUT2D eigenvalue weighted by Gasteiger charge is 2.23. The summed E-state index contributed by atoms with van der Waals surface area (Å²) in [5.74, 6) is -1.61. The van der Waals surface area contributed by atoms with Crippen LogP contribution in [0.5, 0.6) is 5.75 Å². The number of benzene rings is 1. The first-order valence-corrected chi connectivity index (χ1v) is 7.14. The number of aromatic hydroxyl groups is 1. The molecule has 0 heterocycles. The summed E-state index contributed by atoms with van der Waals surface area (Å²) < 4.78 is 0. The lowest BCUT2D eigenvalue weighted by Gasteiger charge is -2.20. The van der Waals surface area contributed by atoms with Crippen LogP contribution in [0.25, 0.3) is 0 Å². The van der Waals surface area contributed by atoms with Gasteiger partial charge in [-0.25, -0.2) is 0 Å². The van der Waals surface area contributed by atoms with Gasteiger partial charge in [-0.05, 0) is 31.5 Å². The molecule has 0 aliphatic carbocycles. The highest BCUT2D eigenvalue weighted by Crippen LogP contribution is 2.11. The molecule has 0 aliphatic heterocycles. The maximum atomic E-state index is 12.0. The molecule has 0 saturated carbocycles. The van der Waals surface area contributed by atoms with E-state index in [1.54, 1.807) is 12.1 Å². The molecule has 0 fully saturated rings. The molecule has 0 aliphatic rings. The van der Waals surface area contributed by atoms with E-state index in [0.29, 0.717) is 0 Å². The van der Waals surface area contributed by atoms with Gasteiger partial charge in [0.15, 0.2) is 0 Å². The summed E-state index contributed by atoms with van der Waals surface area (Å²) in [5.41, 5.74) is 11.4. The summed E-state index contributed by atoms with van der Waals surface area (Å²) in [7, 11) is 0. The molecule has 8 heteroatoms. The molecule has 3 unspecified atom stereocenters. The number of primary amides is 1. The van der Waals surface area contributed by atoms with Gasteiger partial charge in [0, 0.05) is 6.42 Å². The molecular formula is C15H22N4O4. The second-order valence-corrected chi connectivity index (χ2v) is 5.35. The number of phenols is 1. The van der Waals surface area contributed by atoms with Crippen LogP contribution in [0.15, 0.2) is 24.3 Å². The van der Waals surface area contributed by atoms with Gasteiger partial charge in [-0.3, -0.25) is 14.4 Å². The first-order valence-electron chi connectivity index (χ1n) is 7.14. The van der Waals surface area contributed by atoms with Crippen molar-refractivity contribution in [1.82, 2.24) is 10.6 Å². The highest BCUT2D eigenvalue weighted by atomic mass is 16.3. The average Bonchev–Trinajstić information content (AvgIpc) is 2.48. The molecule has 3 atom stereocenters. The maximum absolute atomic E-state index is 12.0. The Morgan fingerprint density at radius 2 is 1.65 bits per heavy atom. The zero-order valence-electron chi connectivity index (χ0n) is 13.1. The van der Waals surface area contributed by atoms with Gasteiger partial charge in [0.1, 0.15) is 17.8 Å². The van der Waals surface area contributed by atoms with Crippen LogP contribution < -0.4 is 22.1 Å². The molecule has 3 amide bonds. The SMILES string of the molecule is CC(N)C(=O)NC(C)C(=O)NC(Cc1ccc(O)cc1)C(N)=O. The van der Waals surface area contributed by atoms with Gasteiger partial charge in [0.25, 0.3) is 0 Å². The van der Waals surface area contributed by atoms with Crippen LogP contribution in [-0.4, -0.2) is 41.0 Å². The van der Waals surface area contributed by atoms with Crippen LogP contribution in [0, 0.1) is 0 Å². The topological polar surface area (TPSA) is 148 Å². The Morgan fingerprint density at radius 3 is 2.13 bits per heavy atom. The molecule has 0 radical (unpaired) electrons. The number of hydrogen-bond donors (Lipinski definition) is 5. The van der Waals surface area contributed by atoms with E-state index >= 15 is 0 Å². The van der Waals surface area contributed by atoms with Crippen LogP contribution in [0.3, 0.4) is 0 Å². The second kappa shape index (κ2) is 8.14. The van der Waals surface area contributed by atoms with Crippen molar-refractivity contribution in [2.24, 2.45) is 11.5 Å². The Bertz CT molecular complexity index is 571. The largest absolute Gasteiger partial charge is 0.508 e. The normalized spacial score (nSPS) is 14.4. The third-order valence-electron chi connectivity index (χ3n) is 3.20. The molecule has 1 rings (SSSR count). The summed E-state index contributed by atoms with van der Waals surface area (Å²) >= 11 is 0. The third-order valence-corrected chi connectivity index (χ3v) is 3.20. The van der Waals surface area contributed by atoms with Gasteiger partial charge in [-0.1, -0.05) is 12.1 Å². The number of phenolic OH excluding ortho intramolecular Hbond substituents is 1. The average molecular weight is 322 g/mol. The Morgan fingerprint density at radius 1 is 1.09 bits per heavy atom. The number of rotatable bonds is 7. The van der Waals surface area contributed by atoms with E-state index in [1.165, 1.54) is 26.0 Å². The lowest BCUT2D eigenvalue weighted by molar-refractivity contribution is -0.131. The molecule has 0 aromatic heterocycles. The fourth-order valence-corrected chi connectivity index (χ4v) is 1.80. The Kier molecular flexibility index (Phi) is 6.52. The third kappa shape index (κ3) is 5.95. The quantitative estimate of drug-likeness (QED) is 0.426. The molecule has 8 nitrogen and oxygen atoms in total. The van der Waals surface area contributed by atoms with E-state index in [9.17, 15) is 19.5 Å². The second-order valence-electron chi connectivity index (χ2n) is 5.35. The van der Waals surface area contributed by atoms with Gasteiger partial charge in [0.2, 0.25) is 17.7 Å². The minimum absolute atomic E-state index is 0.0978.